The molecular weight excluding hydrogens is 262 g/mol. The fraction of sp³-hybridized carbons (Fsp3) is 0.278. The number of phenols is 1. The molecule has 0 saturated carbocycles. The molecule has 3 nitrogen and oxygen atoms in total. The molecule has 0 aromatic heterocycles. The molecule has 2 aromatic carbocycles. The van der Waals surface area contributed by atoms with Crippen LogP contribution in [0.25, 0.3) is 11.1 Å². The Balaban J connectivity index is 2.33. The molecule has 110 valence electrons. The highest BCUT2D eigenvalue weighted by Crippen LogP contribution is 2.31. The minimum atomic E-state index is -0.148. The Kier molecular flexibility index (Phi) is 5.12. The number of aromatic hydroxyl groups is 1. The van der Waals surface area contributed by atoms with Gasteiger partial charge in [0.15, 0.2) is 0 Å². The minimum Gasteiger partial charge on any atom is -0.507 e. The van der Waals surface area contributed by atoms with Crippen LogP contribution in [0, 0.1) is 5.92 Å². The van der Waals surface area contributed by atoms with Crippen LogP contribution < -0.4 is 0 Å². The lowest BCUT2D eigenvalue weighted by atomic mass is 10.0. The average molecular weight is 283 g/mol. The van der Waals surface area contributed by atoms with Crippen molar-refractivity contribution in [1.29, 1.82) is 0 Å². The number of aliphatic hydroxyl groups excluding tert-OH is 1. The van der Waals surface area contributed by atoms with E-state index in [-0.39, 0.29) is 24.3 Å². The molecule has 0 radical (unpaired) electrons. The molecule has 0 saturated heterocycles. The molecule has 2 N–H and O–H groups in total. The number of aliphatic imine (C=N–C) groups is 1. The molecular formula is C18H21NO2. The van der Waals surface area contributed by atoms with E-state index in [9.17, 15) is 10.2 Å². The molecule has 0 aliphatic rings. The van der Waals surface area contributed by atoms with E-state index in [1.807, 2.05) is 62.4 Å². The monoisotopic (exact) mass is 283 g/mol. The zero-order valence-electron chi connectivity index (χ0n) is 12.4. The van der Waals surface area contributed by atoms with Crippen molar-refractivity contribution in [3.8, 4) is 16.9 Å². The predicted octanol–water partition coefficient (Wildman–Crippen LogP) is 3.50. The summed E-state index contributed by atoms with van der Waals surface area (Å²) >= 11 is 0. The molecule has 2 aromatic rings. The maximum Gasteiger partial charge on any atom is 0.132 e. The van der Waals surface area contributed by atoms with Gasteiger partial charge in [-0.25, -0.2) is 0 Å². The van der Waals surface area contributed by atoms with Crippen LogP contribution in [0.3, 0.4) is 0 Å². The van der Waals surface area contributed by atoms with Gasteiger partial charge < -0.3 is 10.2 Å². The number of para-hydroxylation sites is 1. The standard InChI is InChI=1S/C18H21NO2/c1-13(2)17(12-20)19-11-15-9-6-10-16(18(15)21)14-7-4-3-5-8-14/h3-11,13,17,20-21H,12H2,1-2H3/t17-/m1/s1. The SMILES string of the molecule is CC(C)[C@@H](CO)N=Cc1cccc(-c2ccccc2)c1O. The van der Waals surface area contributed by atoms with Crippen LogP contribution in [-0.2, 0) is 0 Å². The zero-order valence-corrected chi connectivity index (χ0v) is 12.4. The Morgan fingerprint density at radius 3 is 2.38 bits per heavy atom. The maximum absolute atomic E-state index is 10.4. The summed E-state index contributed by atoms with van der Waals surface area (Å²) in [6.45, 7) is 4.03. The fourth-order valence-electron chi connectivity index (χ4n) is 2.12. The number of hydrogen-bond donors (Lipinski definition) is 2. The Hall–Kier alpha value is -2.13. The molecule has 0 aliphatic carbocycles. The first-order chi connectivity index (χ1) is 10.1. The van der Waals surface area contributed by atoms with E-state index >= 15 is 0 Å². The number of hydrogen-bond acceptors (Lipinski definition) is 3. The van der Waals surface area contributed by atoms with Crippen molar-refractivity contribution in [3.05, 3.63) is 54.1 Å². The van der Waals surface area contributed by atoms with Gasteiger partial charge in [0.05, 0.1) is 12.6 Å². The summed E-state index contributed by atoms with van der Waals surface area (Å²) in [7, 11) is 0. The van der Waals surface area contributed by atoms with Gasteiger partial charge in [0.2, 0.25) is 0 Å². The van der Waals surface area contributed by atoms with Crippen LogP contribution >= 0.6 is 0 Å². The zero-order chi connectivity index (χ0) is 15.2. The Bertz CT molecular complexity index is 606. The van der Waals surface area contributed by atoms with Crippen LogP contribution in [0.5, 0.6) is 5.75 Å². The topological polar surface area (TPSA) is 52.8 Å². The quantitative estimate of drug-likeness (QED) is 0.825. The smallest absolute Gasteiger partial charge is 0.132 e. The third-order valence-electron chi connectivity index (χ3n) is 3.51. The molecule has 2 rings (SSSR count). The summed E-state index contributed by atoms with van der Waals surface area (Å²) in [4.78, 5) is 4.37. The summed E-state index contributed by atoms with van der Waals surface area (Å²) in [6.07, 6.45) is 1.64. The first-order valence-electron chi connectivity index (χ1n) is 7.15. The number of aliphatic hydroxyl groups is 1. The van der Waals surface area contributed by atoms with E-state index in [1.165, 1.54) is 0 Å². The summed E-state index contributed by atoms with van der Waals surface area (Å²) in [5, 5.41) is 19.7. The molecule has 0 bridgehead atoms. The number of benzene rings is 2. The summed E-state index contributed by atoms with van der Waals surface area (Å²) in [5.41, 5.74) is 2.41. The van der Waals surface area contributed by atoms with Crippen LogP contribution in [-0.4, -0.2) is 29.1 Å². The lowest BCUT2D eigenvalue weighted by Crippen LogP contribution is -2.17. The van der Waals surface area contributed by atoms with Crippen molar-refractivity contribution >= 4 is 6.21 Å². The van der Waals surface area contributed by atoms with E-state index in [0.29, 0.717) is 5.56 Å². The van der Waals surface area contributed by atoms with Crippen molar-refractivity contribution in [3.63, 3.8) is 0 Å². The van der Waals surface area contributed by atoms with Gasteiger partial charge in [-0.1, -0.05) is 56.3 Å². The number of nitrogens with zero attached hydrogens (tertiary/aromatic N) is 1. The Morgan fingerprint density at radius 1 is 1.05 bits per heavy atom. The van der Waals surface area contributed by atoms with Crippen LogP contribution in [0.15, 0.2) is 53.5 Å². The maximum atomic E-state index is 10.4. The van der Waals surface area contributed by atoms with Gasteiger partial charge in [0, 0.05) is 17.3 Å². The second kappa shape index (κ2) is 7.04. The second-order valence-electron chi connectivity index (χ2n) is 5.38. The van der Waals surface area contributed by atoms with E-state index in [1.54, 1.807) is 6.21 Å². The molecule has 0 unspecified atom stereocenters. The van der Waals surface area contributed by atoms with Crippen molar-refractivity contribution in [2.75, 3.05) is 6.61 Å². The largest absolute Gasteiger partial charge is 0.507 e. The predicted molar refractivity (Wildman–Crippen MR) is 86.8 cm³/mol. The second-order valence-corrected chi connectivity index (χ2v) is 5.38. The summed E-state index contributed by atoms with van der Waals surface area (Å²) < 4.78 is 0. The van der Waals surface area contributed by atoms with Crippen LogP contribution in [0.1, 0.15) is 19.4 Å². The number of rotatable bonds is 5. The Labute approximate surface area is 125 Å². The lowest BCUT2D eigenvalue weighted by molar-refractivity contribution is 0.240. The lowest BCUT2D eigenvalue weighted by Gasteiger charge is -2.13. The highest BCUT2D eigenvalue weighted by Gasteiger charge is 2.11. The summed E-state index contributed by atoms with van der Waals surface area (Å²) in [6, 6.07) is 15.2. The van der Waals surface area contributed by atoms with Crippen molar-refractivity contribution in [2.24, 2.45) is 10.9 Å². The van der Waals surface area contributed by atoms with Gasteiger partial charge in [-0.05, 0) is 17.5 Å². The third-order valence-corrected chi connectivity index (χ3v) is 3.51. The minimum absolute atomic E-state index is 0.00725. The van der Waals surface area contributed by atoms with Crippen molar-refractivity contribution in [1.82, 2.24) is 0 Å². The molecule has 1 atom stereocenters. The fourth-order valence-corrected chi connectivity index (χ4v) is 2.12. The first kappa shape index (κ1) is 15.3. The van der Waals surface area contributed by atoms with Gasteiger partial charge in [-0.2, -0.15) is 0 Å². The van der Waals surface area contributed by atoms with Gasteiger partial charge in [0.1, 0.15) is 5.75 Å². The van der Waals surface area contributed by atoms with Crippen LogP contribution in [0.4, 0.5) is 0 Å². The van der Waals surface area contributed by atoms with Gasteiger partial charge in [-0.15, -0.1) is 0 Å². The van der Waals surface area contributed by atoms with E-state index in [2.05, 4.69) is 4.99 Å². The van der Waals surface area contributed by atoms with E-state index in [4.69, 9.17) is 0 Å². The number of phenolic OH excluding ortho intramolecular Hbond substituents is 1. The molecule has 0 heterocycles. The van der Waals surface area contributed by atoms with Gasteiger partial charge >= 0.3 is 0 Å². The van der Waals surface area contributed by atoms with Crippen LogP contribution in [0.2, 0.25) is 0 Å². The first-order valence-corrected chi connectivity index (χ1v) is 7.15. The molecule has 3 heteroatoms. The molecule has 21 heavy (non-hydrogen) atoms. The highest BCUT2D eigenvalue weighted by molar-refractivity contribution is 5.88. The average Bonchev–Trinajstić information content (AvgIpc) is 2.50. The third kappa shape index (κ3) is 3.70. The highest BCUT2D eigenvalue weighted by atomic mass is 16.3. The van der Waals surface area contributed by atoms with Gasteiger partial charge in [0.25, 0.3) is 0 Å². The molecule has 0 spiro atoms. The van der Waals surface area contributed by atoms with Crippen molar-refractivity contribution < 1.29 is 10.2 Å². The molecule has 0 aliphatic heterocycles. The van der Waals surface area contributed by atoms with Gasteiger partial charge in [-0.3, -0.25) is 4.99 Å². The summed E-state index contributed by atoms with van der Waals surface area (Å²) in [5.74, 6) is 0.471. The normalized spacial score (nSPS) is 13.0. The Morgan fingerprint density at radius 2 is 1.76 bits per heavy atom. The van der Waals surface area contributed by atoms with E-state index in [0.717, 1.165) is 11.1 Å². The van der Waals surface area contributed by atoms with E-state index < -0.39 is 0 Å². The molecule has 0 fully saturated rings. The van der Waals surface area contributed by atoms with Crippen molar-refractivity contribution in [2.45, 2.75) is 19.9 Å². The molecule has 0 amide bonds.